The summed E-state index contributed by atoms with van der Waals surface area (Å²) < 4.78 is 28.1. The van der Waals surface area contributed by atoms with E-state index in [1.807, 2.05) is 45.9 Å². The Morgan fingerprint density at radius 1 is 1.17 bits per heavy atom. The van der Waals surface area contributed by atoms with Gasteiger partial charge in [-0.25, -0.2) is 13.1 Å². The van der Waals surface area contributed by atoms with Crippen molar-refractivity contribution in [3.63, 3.8) is 0 Å². The summed E-state index contributed by atoms with van der Waals surface area (Å²) in [5.41, 5.74) is 4.41. The van der Waals surface area contributed by atoms with Crippen LogP contribution >= 0.6 is 0 Å². The molecule has 3 rings (SSSR count). The third-order valence-electron chi connectivity index (χ3n) is 5.65. The number of nitrogens with one attached hydrogen (secondary N) is 2. The molecule has 2 aromatic rings. The fraction of sp³-hybridized carbons (Fsp3) is 0.435. The lowest BCUT2D eigenvalue weighted by atomic mass is 10.0. The monoisotopic (exact) mass is 414 g/mol. The SMILES string of the molecule is Cc1cc(S(=O)(=O)NCCC(C)C)cc(C(=O)NC2CCc3ccccc32)c1C. The van der Waals surface area contributed by atoms with Gasteiger partial charge in [0.25, 0.3) is 5.91 Å². The molecule has 1 aliphatic rings. The largest absolute Gasteiger partial charge is 0.345 e. The van der Waals surface area contributed by atoms with Crippen LogP contribution in [0.15, 0.2) is 41.3 Å². The van der Waals surface area contributed by atoms with Gasteiger partial charge in [-0.15, -0.1) is 0 Å². The number of carbonyl (C=O) groups is 1. The Morgan fingerprint density at radius 3 is 2.62 bits per heavy atom. The highest BCUT2D eigenvalue weighted by Crippen LogP contribution is 2.31. The van der Waals surface area contributed by atoms with Gasteiger partial charge in [-0.3, -0.25) is 4.79 Å². The second kappa shape index (κ2) is 8.67. The third kappa shape index (κ3) is 4.87. The summed E-state index contributed by atoms with van der Waals surface area (Å²) in [6, 6.07) is 11.2. The Bertz CT molecular complexity index is 1010. The van der Waals surface area contributed by atoms with Crippen molar-refractivity contribution in [1.29, 1.82) is 0 Å². The molecule has 2 N–H and O–H groups in total. The highest BCUT2D eigenvalue weighted by molar-refractivity contribution is 7.89. The van der Waals surface area contributed by atoms with Crippen LogP contribution in [0.25, 0.3) is 0 Å². The van der Waals surface area contributed by atoms with Gasteiger partial charge < -0.3 is 5.32 Å². The first kappa shape index (κ1) is 21.5. The number of sulfonamides is 1. The molecule has 1 aliphatic carbocycles. The van der Waals surface area contributed by atoms with E-state index in [-0.39, 0.29) is 16.8 Å². The minimum absolute atomic E-state index is 0.0390. The molecule has 0 bridgehead atoms. The van der Waals surface area contributed by atoms with Crippen molar-refractivity contribution in [3.05, 3.63) is 64.2 Å². The fourth-order valence-corrected chi connectivity index (χ4v) is 4.88. The number of benzene rings is 2. The molecule has 0 aliphatic heterocycles. The van der Waals surface area contributed by atoms with Crippen molar-refractivity contribution in [2.24, 2.45) is 5.92 Å². The predicted molar refractivity (Wildman–Crippen MR) is 116 cm³/mol. The minimum Gasteiger partial charge on any atom is -0.345 e. The van der Waals surface area contributed by atoms with Crippen LogP contribution in [-0.2, 0) is 16.4 Å². The van der Waals surface area contributed by atoms with E-state index in [0.717, 1.165) is 36.0 Å². The van der Waals surface area contributed by atoms with Gasteiger partial charge in [0.05, 0.1) is 10.9 Å². The summed E-state index contributed by atoms with van der Waals surface area (Å²) in [6.45, 7) is 8.18. The molecular weight excluding hydrogens is 384 g/mol. The molecule has 6 heteroatoms. The van der Waals surface area contributed by atoms with Crippen molar-refractivity contribution < 1.29 is 13.2 Å². The van der Waals surface area contributed by atoms with E-state index in [2.05, 4.69) is 16.1 Å². The van der Waals surface area contributed by atoms with Gasteiger partial charge in [-0.1, -0.05) is 38.1 Å². The Morgan fingerprint density at radius 2 is 1.90 bits per heavy atom. The van der Waals surface area contributed by atoms with E-state index in [0.29, 0.717) is 18.0 Å². The molecule has 2 aromatic carbocycles. The number of carbonyl (C=O) groups excluding carboxylic acids is 1. The Balaban J connectivity index is 1.83. The van der Waals surface area contributed by atoms with Crippen molar-refractivity contribution in [2.45, 2.75) is 57.9 Å². The summed E-state index contributed by atoms with van der Waals surface area (Å²) in [5.74, 6) is 0.180. The maximum Gasteiger partial charge on any atom is 0.252 e. The second-order valence-electron chi connectivity index (χ2n) is 8.26. The molecule has 0 heterocycles. The zero-order valence-corrected chi connectivity index (χ0v) is 18.4. The average molecular weight is 415 g/mol. The maximum absolute atomic E-state index is 13.0. The first-order chi connectivity index (χ1) is 13.7. The lowest BCUT2D eigenvalue weighted by Crippen LogP contribution is -2.29. The molecule has 0 fully saturated rings. The Labute approximate surface area is 174 Å². The van der Waals surface area contributed by atoms with Crippen LogP contribution in [-0.4, -0.2) is 20.9 Å². The Hall–Kier alpha value is -2.18. The van der Waals surface area contributed by atoms with Crippen LogP contribution in [0.3, 0.4) is 0 Å². The lowest BCUT2D eigenvalue weighted by Gasteiger charge is -2.17. The maximum atomic E-state index is 13.0. The van der Waals surface area contributed by atoms with Crippen LogP contribution in [0.1, 0.15) is 65.3 Å². The fourth-order valence-electron chi connectivity index (χ4n) is 3.73. The van der Waals surface area contributed by atoms with Gasteiger partial charge in [0.15, 0.2) is 0 Å². The molecule has 0 spiro atoms. The molecule has 156 valence electrons. The zero-order chi connectivity index (χ0) is 21.2. The standard InChI is InChI=1S/C23H30N2O3S/c1-15(2)11-12-24-29(27,28)19-13-16(3)17(4)21(14-19)23(26)25-22-10-9-18-7-5-6-8-20(18)22/h5-8,13-15,22,24H,9-12H2,1-4H3,(H,25,26). The summed E-state index contributed by atoms with van der Waals surface area (Å²) in [5, 5.41) is 3.10. The molecule has 0 saturated carbocycles. The van der Waals surface area contributed by atoms with E-state index < -0.39 is 10.0 Å². The topological polar surface area (TPSA) is 75.3 Å². The van der Waals surface area contributed by atoms with Gasteiger partial charge in [0.2, 0.25) is 10.0 Å². The number of amides is 1. The third-order valence-corrected chi connectivity index (χ3v) is 7.09. The van der Waals surface area contributed by atoms with E-state index in [1.165, 1.54) is 11.6 Å². The zero-order valence-electron chi connectivity index (χ0n) is 17.6. The number of hydrogen-bond acceptors (Lipinski definition) is 3. The molecule has 0 aromatic heterocycles. The molecule has 0 saturated heterocycles. The van der Waals surface area contributed by atoms with E-state index >= 15 is 0 Å². The summed E-state index contributed by atoms with van der Waals surface area (Å²) in [6.07, 6.45) is 2.56. The van der Waals surface area contributed by atoms with Crippen LogP contribution in [0, 0.1) is 19.8 Å². The molecule has 1 amide bonds. The Kier molecular flexibility index (Phi) is 6.44. The van der Waals surface area contributed by atoms with Crippen molar-refractivity contribution in [1.82, 2.24) is 10.0 Å². The molecule has 5 nitrogen and oxygen atoms in total. The van der Waals surface area contributed by atoms with Gasteiger partial charge in [0, 0.05) is 12.1 Å². The van der Waals surface area contributed by atoms with E-state index in [1.54, 1.807) is 6.07 Å². The molecule has 29 heavy (non-hydrogen) atoms. The van der Waals surface area contributed by atoms with E-state index in [4.69, 9.17) is 0 Å². The van der Waals surface area contributed by atoms with Crippen LogP contribution in [0.4, 0.5) is 0 Å². The van der Waals surface area contributed by atoms with E-state index in [9.17, 15) is 13.2 Å². The second-order valence-corrected chi connectivity index (χ2v) is 10.0. The number of fused-ring (bicyclic) bond motifs is 1. The van der Waals surface area contributed by atoms with Gasteiger partial charge in [-0.05, 0) is 73.4 Å². The van der Waals surface area contributed by atoms with Crippen LogP contribution in [0.5, 0.6) is 0 Å². The van der Waals surface area contributed by atoms with Crippen LogP contribution in [0.2, 0.25) is 0 Å². The van der Waals surface area contributed by atoms with Gasteiger partial charge >= 0.3 is 0 Å². The molecule has 0 radical (unpaired) electrons. The average Bonchev–Trinajstić information content (AvgIpc) is 3.06. The lowest BCUT2D eigenvalue weighted by molar-refractivity contribution is 0.0936. The summed E-state index contributed by atoms with van der Waals surface area (Å²) >= 11 is 0. The first-order valence-electron chi connectivity index (χ1n) is 10.2. The normalized spacial score (nSPS) is 16.1. The summed E-state index contributed by atoms with van der Waals surface area (Å²) in [4.78, 5) is 13.2. The highest BCUT2D eigenvalue weighted by Gasteiger charge is 2.26. The van der Waals surface area contributed by atoms with Gasteiger partial charge in [0.1, 0.15) is 0 Å². The molecular formula is C23H30N2O3S. The predicted octanol–water partition coefficient (Wildman–Crippen LogP) is 4.05. The quantitative estimate of drug-likeness (QED) is 0.718. The first-order valence-corrected chi connectivity index (χ1v) is 11.7. The van der Waals surface area contributed by atoms with Gasteiger partial charge in [-0.2, -0.15) is 0 Å². The highest BCUT2D eigenvalue weighted by atomic mass is 32.2. The number of rotatable bonds is 7. The smallest absolute Gasteiger partial charge is 0.252 e. The molecule has 1 unspecified atom stereocenters. The van der Waals surface area contributed by atoms with Crippen molar-refractivity contribution in [3.8, 4) is 0 Å². The van der Waals surface area contributed by atoms with Crippen molar-refractivity contribution in [2.75, 3.05) is 6.54 Å². The number of aryl methyl sites for hydroxylation is 2. The number of hydrogen-bond donors (Lipinski definition) is 2. The molecule has 1 atom stereocenters. The van der Waals surface area contributed by atoms with Crippen LogP contribution < -0.4 is 10.0 Å². The van der Waals surface area contributed by atoms with Crippen molar-refractivity contribution >= 4 is 15.9 Å². The minimum atomic E-state index is -3.66. The summed E-state index contributed by atoms with van der Waals surface area (Å²) in [7, 11) is -3.66.